The molecule has 0 bridgehead atoms. The van der Waals surface area contributed by atoms with Crippen LogP contribution in [0.5, 0.6) is 0 Å². The highest BCUT2D eigenvalue weighted by Gasteiger charge is 2.31. The molecular weight excluding hydrogens is 316 g/mol. The lowest BCUT2D eigenvalue weighted by Crippen LogP contribution is -2.52. The van der Waals surface area contributed by atoms with Crippen LogP contribution in [0.25, 0.3) is 0 Å². The Hall–Kier alpha value is -1.89. The summed E-state index contributed by atoms with van der Waals surface area (Å²) in [5, 5.41) is 0. The summed E-state index contributed by atoms with van der Waals surface area (Å²) in [4.78, 5) is 40.6. The lowest BCUT2D eigenvalue weighted by atomic mass is 9.94. The van der Waals surface area contributed by atoms with Crippen LogP contribution in [-0.4, -0.2) is 60.9 Å². The van der Waals surface area contributed by atoms with Crippen molar-refractivity contribution in [3.63, 3.8) is 0 Å². The number of hydrogen-bond acceptors (Lipinski definition) is 5. The van der Waals surface area contributed by atoms with Crippen molar-refractivity contribution >= 4 is 29.1 Å². The van der Waals surface area contributed by atoms with E-state index in [1.807, 2.05) is 20.8 Å². The monoisotopic (exact) mass is 338 g/mol. The second kappa shape index (κ2) is 6.70. The van der Waals surface area contributed by atoms with Crippen molar-refractivity contribution in [1.82, 2.24) is 9.80 Å². The molecule has 126 valence electrons. The van der Waals surface area contributed by atoms with Gasteiger partial charge in [-0.15, -0.1) is 11.3 Å². The molecule has 0 atom stereocenters. The first-order valence-corrected chi connectivity index (χ1v) is 8.32. The normalized spacial score (nSPS) is 15.5. The first kappa shape index (κ1) is 17.5. The second-order valence-corrected chi connectivity index (χ2v) is 7.57. The zero-order valence-electron chi connectivity index (χ0n) is 13.9. The van der Waals surface area contributed by atoms with E-state index in [-0.39, 0.29) is 11.8 Å². The average molecular weight is 338 g/mol. The van der Waals surface area contributed by atoms with E-state index in [9.17, 15) is 14.4 Å². The molecule has 2 amide bonds. The Morgan fingerprint density at radius 2 is 1.52 bits per heavy atom. The largest absolute Gasteiger partial charge is 0.465 e. The molecule has 1 aromatic rings. The number of nitrogens with zero attached hydrogens (tertiary/aromatic N) is 2. The summed E-state index contributed by atoms with van der Waals surface area (Å²) in [5.74, 6) is -0.434. The van der Waals surface area contributed by atoms with Crippen molar-refractivity contribution in [2.75, 3.05) is 33.3 Å². The van der Waals surface area contributed by atoms with Gasteiger partial charge in [0.15, 0.2) is 0 Å². The van der Waals surface area contributed by atoms with Crippen molar-refractivity contribution in [1.29, 1.82) is 0 Å². The van der Waals surface area contributed by atoms with Gasteiger partial charge in [0.2, 0.25) is 5.91 Å². The van der Waals surface area contributed by atoms with Crippen LogP contribution in [0.15, 0.2) is 12.1 Å². The van der Waals surface area contributed by atoms with Crippen LogP contribution in [0, 0.1) is 5.41 Å². The lowest BCUT2D eigenvalue weighted by molar-refractivity contribution is -0.140. The van der Waals surface area contributed by atoms with Gasteiger partial charge in [-0.25, -0.2) is 4.79 Å². The summed E-state index contributed by atoms with van der Waals surface area (Å²) in [6.45, 7) is 7.78. The van der Waals surface area contributed by atoms with Gasteiger partial charge in [-0.05, 0) is 12.1 Å². The number of carbonyl (C=O) groups is 3. The third-order valence-corrected chi connectivity index (χ3v) is 4.75. The fraction of sp³-hybridized carbons (Fsp3) is 0.562. The van der Waals surface area contributed by atoms with Gasteiger partial charge in [-0.3, -0.25) is 9.59 Å². The van der Waals surface area contributed by atoms with Crippen LogP contribution in [0.3, 0.4) is 0 Å². The van der Waals surface area contributed by atoms with Gasteiger partial charge in [-0.2, -0.15) is 0 Å². The predicted octanol–water partition coefficient (Wildman–Crippen LogP) is 1.87. The molecule has 1 fully saturated rings. The van der Waals surface area contributed by atoms with Gasteiger partial charge < -0.3 is 14.5 Å². The molecule has 1 aliphatic rings. The molecule has 0 unspecified atom stereocenters. The maximum atomic E-state index is 12.5. The summed E-state index contributed by atoms with van der Waals surface area (Å²) < 4.78 is 4.65. The van der Waals surface area contributed by atoms with Crippen molar-refractivity contribution < 1.29 is 19.1 Å². The Labute approximate surface area is 140 Å². The molecule has 1 saturated heterocycles. The third kappa shape index (κ3) is 3.90. The topological polar surface area (TPSA) is 66.9 Å². The van der Waals surface area contributed by atoms with E-state index < -0.39 is 11.4 Å². The molecule has 0 radical (unpaired) electrons. The number of methoxy groups -OCH3 is 1. The van der Waals surface area contributed by atoms with E-state index >= 15 is 0 Å². The first-order chi connectivity index (χ1) is 10.7. The number of amides is 2. The fourth-order valence-corrected chi connectivity index (χ4v) is 3.30. The van der Waals surface area contributed by atoms with Crippen LogP contribution in [-0.2, 0) is 9.53 Å². The van der Waals surface area contributed by atoms with E-state index in [2.05, 4.69) is 4.74 Å². The molecule has 23 heavy (non-hydrogen) atoms. The third-order valence-electron chi connectivity index (χ3n) is 3.70. The zero-order chi connectivity index (χ0) is 17.2. The molecule has 2 rings (SSSR count). The Kier molecular flexibility index (Phi) is 5.09. The number of esters is 1. The Morgan fingerprint density at radius 3 is 2.04 bits per heavy atom. The van der Waals surface area contributed by atoms with Crippen LogP contribution in [0.1, 0.15) is 40.1 Å². The maximum Gasteiger partial charge on any atom is 0.348 e. The van der Waals surface area contributed by atoms with Crippen LogP contribution >= 0.6 is 11.3 Å². The van der Waals surface area contributed by atoms with E-state index in [4.69, 9.17) is 0 Å². The molecule has 0 N–H and O–H groups in total. The molecule has 1 aromatic heterocycles. The molecular formula is C16H22N2O4S. The van der Waals surface area contributed by atoms with E-state index in [0.29, 0.717) is 35.9 Å². The Balaban J connectivity index is 1.97. The minimum Gasteiger partial charge on any atom is -0.465 e. The highest BCUT2D eigenvalue weighted by Crippen LogP contribution is 2.22. The number of piperazine rings is 1. The van der Waals surface area contributed by atoms with E-state index in [1.165, 1.54) is 7.11 Å². The van der Waals surface area contributed by atoms with Gasteiger partial charge in [0.25, 0.3) is 5.91 Å². The molecule has 0 aliphatic carbocycles. The molecule has 0 aromatic carbocycles. The second-order valence-electron chi connectivity index (χ2n) is 6.49. The highest BCUT2D eigenvalue weighted by atomic mass is 32.1. The molecule has 1 aliphatic heterocycles. The number of hydrogen-bond donors (Lipinski definition) is 0. The quantitative estimate of drug-likeness (QED) is 0.772. The van der Waals surface area contributed by atoms with Crippen LogP contribution < -0.4 is 0 Å². The van der Waals surface area contributed by atoms with Gasteiger partial charge in [0, 0.05) is 31.6 Å². The molecule has 2 heterocycles. The lowest BCUT2D eigenvalue weighted by Gasteiger charge is -2.37. The minimum atomic E-state index is -0.436. The number of thiophene rings is 1. The minimum absolute atomic E-state index is 0.104. The molecule has 6 nitrogen and oxygen atoms in total. The summed E-state index contributed by atoms with van der Waals surface area (Å²) in [5.41, 5.74) is -0.407. The number of ether oxygens (including phenoxy) is 1. The summed E-state index contributed by atoms with van der Waals surface area (Å²) >= 11 is 1.13. The Morgan fingerprint density at radius 1 is 1.00 bits per heavy atom. The fourth-order valence-electron chi connectivity index (χ4n) is 2.41. The average Bonchev–Trinajstić information content (AvgIpc) is 3.02. The summed E-state index contributed by atoms with van der Waals surface area (Å²) in [6, 6.07) is 3.25. The smallest absolute Gasteiger partial charge is 0.348 e. The van der Waals surface area contributed by atoms with E-state index in [1.54, 1.807) is 21.9 Å². The first-order valence-electron chi connectivity index (χ1n) is 7.51. The van der Waals surface area contributed by atoms with Gasteiger partial charge in [0.05, 0.1) is 12.0 Å². The maximum absolute atomic E-state index is 12.5. The number of carbonyl (C=O) groups excluding carboxylic acids is 3. The standard InChI is InChI=1S/C16H22N2O4S/c1-16(2,3)15(21)18-9-7-17(8-10-18)13(19)11-5-6-12(23-11)14(20)22-4/h5-6H,7-10H2,1-4H3. The van der Waals surface area contributed by atoms with Crippen molar-refractivity contribution in [3.8, 4) is 0 Å². The van der Waals surface area contributed by atoms with Crippen LogP contribution in [0.2, 0.25) is 0 Å². The van der Waals surface area contributed by atoms with Crippen LogP contribution in [0.4, 0.5) is 0 Å². The van der Waals surface area contributed by atoms with E-state index in [0.717, 1.165) is 11.3 Å². The Bertz CT molecular complexity index is 610. The van der Waals surface area contributed by atoms with Crippen molar-refractivity contribution in [3.05, 3.63) is 21.9 Å². The molecule has 0 saturated carbocycles. The van der Waals surface area contributed by atoms with Crippen molar-refractivity contribution in [2.24, 2.45) is 5.41 Å². The molecule has 0 spiro atoms. The summed E-state index contributed by atoms with van der Waals surface area (Å²) in [6.07, 6.45) is 0. The number of rotatable bonds is 2. The van der Waals surface area contributed by atoms with Crippen molar-refractivity contribution in [2.45, 2.75) is 20.8 Å². The van der Waals surface area contributed by atoms with Gasteiger partial charge >= 0.3 is 5.97 Å². The van der Waals surface area contributed by atoms with Gasteiger partial charge in [-0.1, -0.05) is 20.8 Å². The predicted molar refractivity (Wildman–Crippen MR) is 87.6 cm³/mol. The highest BCUT2D eigenvalue weighted by molar-refractivity contribution is 7.15. The molecule has 7 heteroatoms. The summed E-state index contributed by atoms with van der Waals surface area (Å²) in [7, 11) is 1.31. The van der Waals surface area contributed by atoms with Gasteiger partial charge in [0.1, 0.15) is 4.88 Å². The SMILES string of the molecule is COC(=O)c1ccc(C(=O)N2CCN(C(=O)C(C)(C)C)CC2)s1. The zero-order valence-corrected chi connectivity index (χ0v) is 14.7.